The highest BCUT2D eigenvalue weighted by molar-refractivity contribution is 6.30. The van der Waals surface area contributed by atoms with Crippen LogP contribution in [0.5, 0.6) is 0 Å². The molecule has 1 aliphatic rings. The van der Waals surface area contributed by atoms with Crippen LogP contribution in [0.3, 0.4) is 0 Å². The Kier molecular flexibility index (Phi) is 3.56. The van der Waals surface area contributed by atoms with Crippen molar-refractivity contribution in [3.8, 4) is 0 Å². The smallest absolute Gasteiger partial charge is 0.0406 e. The van der Waals surface area contributed by atoms with E-state index in [4.69, 9.17) is 17.3 Å². The van der Waals surface area contributed by atoms with E-state index in [9.17, 15) is 0 Å². The molecule has 0 saturated heterocycles. The van der Waals surface area contributed by atoms with E-state index in [1.807, 2.05) is 12.1 Å². The molecule has 0 radical (unpaired) electrons. The van der Waals surface area contributed by atoms with E-state index < -0.39 is 0 Å². The van der Waals surface area contributed by atoms with E-state index in [1.165, 1.54) is 31.2 Å². The zero-order chi connectivity index (χ0) is 11.6. The molecule has 1 nitrogen and oxygen atoms in total. The molecule has 1 fully saturated rings. The molecule has 1 saturated carbocycles. The predicted octanol–water partition coefficient (Wildman–Crippen LogP) is 3.75. The van der Waals surface area contributed by atoms with Gasteiger partial charge in [-0.1, -0.05) is 37.1 Å². The molecule has 0 bridgehead atoms. The van der Waals surface area contributed by atoms with Gasteiger partial charge in [0.1, 0.15) is 0 Å². The Balaban J connectivity index is 2.17. The van der Waals surface area contributed by atoms with Crippen LogP contribution in [0.25, 0.3) is 0 Å². The van der Waals surface area contributed by atoms with E-state index in [1.54, 1.807) is 0 Å². The monoisotopic (exact) mass is 237 g/mol. The largest absolute Gasteiger partial charge is 0.330 e. The van der Waals surface area contributed by atoms with E-state index in [2.05, 4.69) is 19.1 Å². The first kappa shape index (κ1) is 11.9. The third-order valence-electron chi connectivity index (χ3n) is 3.91. The molecular formula is C14H20ClN. The molecule has 2 rings (SSSR count). The van der Waals surface area contributed by atoms with Gasteiger partial charge in [0.05, 0.1) is 0 Å². The topological polar surface area (TPSA) is 26.0 Å². The lowest BCUT2D eigenvalue weighted by Crippen LogP contribution is -2.37. The minimum Gasteiger partial charge on any atom is -0.330 e. The molecule has 0 amide bonds. The van der Waals surface area contributed by atoms with Gasteiger partial charge in [-0.3, -0.25) is 0 Å². The lowest BCUT2D eigenvalue weighted by Gasteiger charge is -2.44. The van der Waals surface area contributed by atoms with Crippen molar-refractivity contribution >= 4 is 11.6 Å². The molecule has 0 heterocycles. The van der Waals surface area contributed by atoms with Gasteiger partial charge in [-0.05, 0) is 54.8 Å². The van der Waals surface area contributed by atoms with Gasteiger partial charge in [0, 0.05) is 5.02 Å². The van der Waals surface area contributed by atoms with Crippen LogP contribution in [0, 0.1) is 5.92 Å². The first-order valence-electron chi connectivity index (χ1n) is 6.12. The van der Waals surface area contributed by atoms with E-state index in [0.29, 0.717) is 11.3 Å². The third kappa shape index (κ3) is 2.26. The number of hydrogen-bond acceptors (Lipinski definition) is 1. The quantitative estimate of drug-likeness (QED) is 0.848. The van der Waals surface area contributed by atoms with Gasteiger partial charge >= 0.3 is 0 Å². The van der Waals surface area contributed by atoms with Crippen LogP contribution >= 0.6 is 11.6 Å². The SMILES string of the molecule is CC(CN)CC1(c2ccc(Cl)cc2)CCC1. The van der Waals surface area contributed by atoms with Gasteiger partial charge in [0.25, 0.3) is 0 Å². The molecule has 88 valence electrons. The summed E-state index contributed by atoms with van der Waals surface area (Å²) < 4.78 is 0. The number of benzene rings is 1. The second kappa shape index (κ2) is 4.77. The summed E-state index contributed by atoms with van der Waals surface area (Å²) in [4.78, 5) is 0. The van der Waals surface area contributed by atoms with Crippen molar-refractivity contribution in [1.29, 1.82) is 0 Å². The minimum absolute atomic E-state index is 0.392. The summed E-state index contributed by atoms with van der Waals surface area (Å²) in [5, 5.41) is 0.824. The Morgan fingerprint density at radius 2 is 1.94 bits per heavy atom. The third-order valence-corrected chi connectivity index (χ3v) is 4.16. The van der Waals surface area contributed by atoms with Crippen LogP contribution in [-0.4, -0.2) is 6.54 Å². The van der Waals surface area contributed by atoms with Crippen LogP contribution < -0.4 is 5.73 Å². The summed E-state index contributed by atoms with van der Waals surface area (Å²) in [5.74, 6) is 0.607. The first-order chi connectivity index (χ1) is 7.66. The van der Waals surface area contributed by atoms with Gasteiger partial charge in [-0.2, -0.15) is 0 Å². The van der Waals surface area contributed by atoms with E-state index in [0.717, 1.165) is 11.6 Å². The number of hydrogen-bond donors (Lipinski definition) is 1. The van der Waals surface area contributed by atoms with Gasteiger partial charge in [-0.15, -0.1) is 0 Å². The van der Waals surface area contributed by atoms with Crippen molar-refractivity contribution in [3.05, 3.63) is 34.9 Å². The van der Waals surface area contributed by atoms with Crippen molar-refractivity contribution in [2.24, 2.45) is 11.7 Å². The van der Waals surface area contributed by atoms with Gasteiger partial charge in [0.2, 0.25) is 0 Å². The Hall–Kier alpha value is -0.530. The lowest BCUT2D eigenvalue weighted by atomic mass is 9.60. The number of nitrogens with two attached hydrogens (primary N) is 1. The van der Waals surface area contributed by atoms with Crippen LogP contribution in [0.15, 0.2) is 24.3 Å². The molecule has 16 heavy (non-hydrogen) atoms. The maximum atomic E-state index is 5.94. The molecule has 0 spiro atoms. The lowest BCUT2D eigenvalue weighted by molar-refractivity contribution is 0.196. The van der Waals surface area contributed by atoms with Crippen LogP contribution in [0.2, 0.25) is 5.02 Å². The molecule has 0 aliphatic heterocycles. The highest BCUT2D eigenvalue weighted by atomic mass is 35.5. The standard InChI is InChI=1S/C14H20ClN/c1-11(10-16)9-14(7-2-8-14)12-3-5-13(15)6-4-12/h3-6,11H,2,7-10,16H2,1H3. The normalized spacial score (nSPS) is 20.2. The summed E-state index contributed by atoms with van der Waals surface area (Å²) in [5.41, 5.74) is 7.58. The molecule has 1 atom stereocenters. The predicted molar refractivity (Wildman–Crippen MR) is 69.8 cm³/mol. The average Bonchev–Trinajstić information content (AvgIpc) is 2.24. The summed E-state index contributed by atoms with van der Waals surface area (Å²) in [6.45, 7) is 3.03. The van der Waals surface area contributed by atoms with Gasteiger partial charge in [-0.25, -0.2) is 0 Å². The van der Waals surface area contributed by atoms with Crippen LogP contribution in [0.1, 0.15) is 38.2 Å². The highest BCUT2D eigenvalue weighted by Gasteiger charge is 2.39. The summed E-state index contributed by atoms with van der Waals surface area (Å²) in [7, 11) is 0. The van der Waals surface area contributed by atoms with Crippen LogP contribution in [-0.2, 0) is 5.41 Å². The maximum absolute atomic E-state index is 5.94. The molecule has 1 aromatic carbocycles. The van der Waals surface area contributed by atoms with Crippen molar-refractivity contribution < 1.29 is 0 Å². The number of halogens is 1. The van der Waals surface area contributed by atoms with E-state index in [-0.39, 0.29) is 0 Å². The fourth-order valence-corrected chi connectivity index (χ4v) is 2.89. The maximum Gasteiger partial charge on any atom is 0.0406 e. The highest BCUT2D eigenvalue weighted by Crippen LogP contribution is 2.48. The molecule has 2 N–H and O–H groups in total. The Labute approximate surface area is 103 Å². The van der Waals surface area contributed by atoms with Crippen LogP contribution in [0.4, 0.5) is 0 Å². The molecule has 1 aromatic rings. The molecular weight excluding hydrogens is 218 g/mol. The second-order valence-corrected chi connectivity index (χ2v) is 5.62. The Morgan fingerprint density at radius 1 is 1.31 bits per heavy atom. The summed E-state index contributed by atoms with van der Waals surface area (Å²) >= 11 is 5.94. The fourth-order valence-electron chi connectivity index (χ4n) is 2.77. The summed E-state index contributed by atoms with van der Waals surface area (Å²) in [6.07, 6.45) is 5.17. The fraction of sp³-hybridized carbons (Fsp3) is 0.571. The molecule has 1 aliphatic carbocycles. The summed E-state index contributed by atoms with van der Waals surface area (Å²) in [6, 6.07) is 8.38. The Bertz CT molecular complexity index is 340. The zero-order valence-corrected chi connectivity index (χ0v) is 10.6. The molecule has 1 unspecified atom stereocenters. The van der Waals surface area contributed by atoms with Crippen molar-refractivity contribution in [1.82, 2.24) is 0 Å². The van der Waals surface area contributed by atoms with Crippen molar-refractivity contribution in [2.75, 3.05) is 6.54 Å². The zero-order valence-electron chi connectivity index (χ0n) is 9.88. The second-order valence-electron chi connectivity index (χ2n) is 5.19. The minimum atomic E-state index is 0.392. The van der Waals surface area contributed by atoms with Gasteiger partial charge in [0.15, 0.2) is 0 Å². The molecule has 0 aromatic heterocycles. The van der Waals surface area contributed by atoms with Crippen molar-refractivity contribution in [2.45, 2.75) is 38.0 Å². The van der Waals surface area contributed by atoms with Gasteiger partial charge < -0.3 is 5.73 Å². The first-order valence-corrected chi connectivity index (χ1v) is 6.50. The van der Waals surface area contributed by atoms with E-state index >= 15 is 0 Å². The van der Waals surface area contributed by atoms with Crippen molar-refractivity contribution in [3.63, 3.8) is 0 Å². The average molecular weight is 238 g/mol. The number of rotatable bonds is 4. The molecule has 2 heteroatoms. The Morgan fingerprint density at radius 3 is 2.38 bits per heavy atom.